The van der Waals surface area contributed by atoms with Gasteiger partial charge in [-0.15, -0.1) is 0 Å². The summed E-state index contributed by atoms with van der Waals surface area (Å²) in [6.07, 6.45) is 1.80. The first-order chi connectivity index (χ1) is 11.2. The molecule has 0 aliphatic rings. The molecule has 1 amide bonds. The van der Waals surface area contributed by atoms with E-state index in [1.165, 1.54) is 0 Å². The molecule has 0 fully saturated rings. The van der Waals surface area contributed by atoms with Crippen LogP contribution < -0.4 is 5.32 Å². The number of benzene rings is 1. The summed E-state index contributed by atoms with van der Waals surface area (Å²) >= 11 is 0. The molecular formula is C18H12N4O. The van der Waals surface area contributed by atoms with E-state index < -0.39 is 0 Å². The summed E-state index contributed by atoms with van der Waals surface area (Å²) in [6.45, 7) is 1.85. The van der Waals surface area contributed by atoms with E-state index in [1.54, 1.807) is 34.9 Å². The average molecular weight is 300 g/mol. The molecule has 2 aromatic heterocycles. The summed E-state index contributed by atoms with van der Waals surface area (Å²) in [5.74, 6) is 0.129. The monoisotopic (exact) mass is 300 g/mol. The average Bonchev–Trinajstić information content (AvgIpc) is 2.87. The number of nitrogens with zero attached hydrogens (tertiary/aromatic N) is 3. The number of aryl methyl sites for hydroxylation is 1. The van der Waals surface area contributed by atoms with Gasteiger partial charge in [-0.3, -0.25) is 4.79 Å². The van der Waals surface area contributed by atoms with Gasteiger partial charge in [0.2, 0.25) is 0 Å². The van der Waals surface area contributed by atoms with E-state index in [1.807, 2.05) is 31.2 Å². The SMILES string of the molecule is Cc1c(C#N)c(NC(=O)c2ccc(C#N)cc2)n2ccccc12. The van der Waals surface area contributed by atoms with Gasteiger partial charge in [-0.2, -0.15) is 10.5 Å². The minimum absolute atomic E-state index is 0.325. The highest BCUT2D eigenvalue weighted by Gasteiger charge is 2.17. The van der Waals surface area contributed by atoms with E-state index in [0.29, 0.717) is 22.5 Å². The standard InChI is InChI=1S/C18H12N4O/c1-12-15(11-20)17(22-9-3-2-4-16(12)22)21-18(23)14-7-5-13(10-19)6-8-14/h2-9H,1H3,(H,21,23). The van der Waals surface area contributed by atoms with Crippen molar-refractivity contribution in [3.63, 3.8) is 0 Å². The number of hydrogen-bond acceptors (Lipinski definition) is 3. The zero-order chi connectivity index (χ0) is 16.4. The van der Waals surface area contributed by atoms with Gasteiger partial charge in [0, 0.05) is 11.8 Å². The number of hydrogen-bond donors (Lipinski definition) is 1. The third-order valence-corrected chi connectivity index (χ3v) is 3.72. The van der Waals surface area contributed by atoms with Crippen molar-refractivity contribution in [3.8, 4) is 12.1 Å². The number of fused-ring (bicyclic) bond motifs is 1. The van der Waals surface area contributed by atoms with Crippen LogP contribution in [0.5, 0.6) is 0 Å². The molecule has 0 bridgehead atoms. The summed E-state index contributed by atoms with van der Waals surface area (Å²) < 4.78 is 1.79. The third-order valence-electron chi connectivity index (χ3n) is 3.72. The molecule has 0 saturated carbocycles. The minimum Gasteiger partial charge on any atom is -0.307 e. The van der Waals surface area contributed by atoms with Crippen LogP contribution in [0.15, 0.2) is 48.7 Å². The second kappa shape index (κ2) is 5.67. The Kier molecular flexibility index (Phi) is 3.54. The summed E-state index contributed by atoms with van der Waals surface area (Å²) in [5, 5.41) is 21.0. The Balaban J connectivity index is 2.02. The largest absolute Gasteiger partial charge is 0.307 e. The Bertz CT molecular complexity index is 985. The first kappa shape index (κ1) is 14.4. The van der Waals surface area contributed by atoms with Crippen LogP contribution in [0, 0.1) is 29.6 Å². The Morgan fingerprint density at radius 1 is 1.09 bits per heavy atom. The minimum atomic E-state index is -0.325. The van der Waals surface area contributed by atoms with E-state index in [2.05, 4.69) is 11.4 Å². The summed E-state index contributed by atoms with van der Waals surface area (Å²) in [7, 11) is 0. The Hall–Kier alpha value is -3.57. The van der Waals surface area contributed by atoms with Gasteiger partial charge in [0.05, 0.1) is 22.7 Å². The fourth-order valence-corrected chi connectivity index (χ4v) is 2.51. The lowest BCUT2D eigenvalue weighted by molar-refractivity contribution is 0.102. The molecule has 110 valence electrons. The fourth-order valence-electron chi connectivity index (χ4n) is 2.51. The number of amides is 1. The van der Waals surface area contributed by atoms with Crippen molar-refractivity contribution >= 4 is 17.2 Å². The highest BCUT2D eigenvalue weighted by Crippen LogP contribution is 2.27. The Morgan fingerprint density at radius 3 is 2.48 bits per heavy atom. The molecule has 0 unspecified atom stereocenters. The molecule has 0 saturated heterocycles. The predicted octanol–water partition coefficient (Wildman–Crippen LogP) is 3.24. The van der Waals surface area contributed by atoms with Crippen LogP contribution in [0.2, 0.25) is 0 Å². The third kappa shape index (κ3) is 2.41. The van der Waals surface area contributed by atoms with E-state index >= 15 is 0 Å². The van der Waals surface area contributed by atoms with Crippen LogP contribution in [0.4, 0.5) is 5.82 Å². The molecular weight excluding hydrogens is 288 g/mol. The van der Waals surface area contributed by atoms with Gasteiger partial charge in [0.15, 0.2) is 0 Å². The molecule has 0 atom stereocenters. The zero-order valence-electron chi connectivity index (χ0n) is 12.4. The zero-order valence-corrected chi connectivity index (χ0v) is 12.4. The lowest BCUT2D eigenvalue weighted by Gasteiger charge is -2.06. The molecule has 5 heteroatoms. The highest BCUT2D eigenvalue weighted by atomic mass is 16.1. The van der Waals surface area contributed by atoms with Gasteiger partial charge in [-0.05, 0) is 48.9 Å². The molecule has 3 aromatic rings. The number of nitriles is 2. The smallest absolute Gasteiger partial charge is 0.256 e. The van der Waals surface area contributed by atoms with Crippen molar-refractivity contribution in [2.75, 3.05) is 5.32 Å². The van der Waals surface area contributed by atoms with Crippen LogP contribution in [-0.2, 0) is 0 Å². The predicted molar refractivity (Wildman–Crippen MR) is 86.0 cm³/mol. The van der Waals surface area contributed by atoms with Crippen molar-refractivity contribution in [2.24, 2.45) is 0 Å². The van der Waals surface area contributed by atoms with E-state index in [0.717, 1.165) is 11.1 Å². The summed E-state index contributed by atoms with van der Waals surface area (Å²) in [5.41, 5.74) is 3.06. The van der Waals surface area contributed by atoms with Crippen LogP contribution >= 0.6 is 0 Å². The second-order valence-electron chi connectivity index (χ2n) is 5.06. The molecule has 1 N–H and O–H groups in total. The van der Waals surface area contributed by atoms with Crippen molar-refractivity contribution < 1.29 is 4.79 Å². The molecule has 0 spiro atoms. The summed E-state index contributed by atoms with van der Waals surface area (Å²) in [6, 6.07) is 16.1. The maximum absolute atomic E-state index is 12.4. The molecule has 0 radical (unpaired) electrons. The highest BCUT2D eigenvalue weighted by molar-refractivity contribution is 6.05. The number of carbonyl (C=O) groups excluding carboxylic acids is 1. The number of rotatable bonds is 2. The number of nitrogens with one attached hydrogen (secondary N) is 1. The molecule has 2 heterocycles. The Morgan fingerprint density at radius 2 is 1.83 bits per heavy atom. The first-order valence-corrected chi connectivity index (χ1v) is 6.97. The van der Waals surface area contributed by atoms with Gasteiger partial charge in [-0.1, -0.05) is 6.07 Å². The molecule has 0 aliphatic carbocycles. The number of anilines is 1. The number of aromatic nitrogens is 1. The lowest BCUT2D eigenvalue weighted by atomic mass is 10.1. The van der Waals surface area contributed by atoms with Crippen molar-refractivity contribution in [1.29, 1.82) is 10.5 Å². The summed E-state index contributed by atoms with van der Waals surface area (Å²) in [4.78, 5) is 12.4. The normalized spacial score (nSPS) is 10.0. The lowest BCUT2D eigenvalue weighted by Crippen LogP contribution is -2.14. The van der Waals surface area contributed by atoms with Crippen LogP contribution in [0.3, 0.4) is 0 Å². The van der Waals surface area contributed by atoms with Crippen LogP contribution in [0.1, 0.15) is 27.0 Å². The van der Waals surface area contributed by atoms with E-state index in [9.17, 15) is 10.1 Å². The van der Waals surface area contributed by atoms with Gasteiger partial charge >= 0.3 is 0 Å². The van der Waals surface area contributed by atoms with Gasteiger partial charge in [-0.25, -0.2) is 0 Å². The second-order valence-corrected chi connectivity index (χ2v) is 5.06. The van der Waals surface area contributed by atoms with Gasteiger partial charge in [0.1, 0.15) is 11.9 Å². The molecule has 0 aliphatic heterocycles. The van der Waals surface area contributed by atoms with E-state index in [-0.39, 0.29) is 5.91 Å². The van der Waals surface area contributed by atoms with Crippen molar-refractivity contribution in [1.82, 2.24) is 4.40 Å². The maximum atomic E-state index is 12.4. The van der Waals surface area contributed by atoms with Crippen molar-refractivity contribution in [3.05, 3.63) is 70.9 Å². The first-order valence-electron chi connectivity index (χ1n) is 6.97. The molecule has 1 aromatic carbocycles. The molecule has 5 nitrogen and oxygen atoms in total. The van der Waals surface area contributed by atoms with Gasteiger partial charge in [0.25, 0.3) is 5.91 Å². The van der Waals surface area contributed by atoms with E-state index in [4.69, 9.17) is 5.26 Å². The van der Waals surface area contributed by atoms with Crippen LogP contribution in [-0.4, -0.2) is 10.3 Å². The molecule has 23 heavy (non-hydrogen) atoms. The number of carbonyl (C=O) groups is 1. The quantitative estimate of drug-likeness (QED) is 0.788. The van der Waals surface area contributed by atoms with Crippen LogP contribution in [0.25, 0.3) is 5.52 Å². The fraction of sp³-hybridized carbons (Fsp3) is 0.0556. The number of pyridine rings is 1. The maximum Gasteiger partial charge on any atom is 0.256 e. The topological polar surface area (TPSA) is 81.1 Å². The Labute approximate surface area is 133 Å². The van der Waals surface area contributed by atoms with Crippen molar-refractivity contribution in [2.45, 2.75) is 6.92 Å². The van der Waals surface area contributed by atoms with Gasteiger partial charge < -0.3 is 9.72 Å². The molecule has 3 rings (SSSR count).